The molecule has 1 saturated carbocycles. The fourth-order valence-electron chi connectivity index (χ4n) is 1.76. The van der Waals surface area contributed by atoms with Crippen LogP contribution in [0, 0.1) is 11.8 Å². The van der Waals surface area contributed by atoms with Gasteiger partial charge in [-0.15, -0.1) is 0 Å². The second-order valence-electron chi connectivity index (χ2n) is 4.03. The number of methoxy groups -OCH3 is 1. The zero-order chi connectivity index (χ0) is 11.6. The lowest BCUT2D eigenvalue weighted by atomic mass is 9.96. The molecular weight excluding hydrogens is 198 g/mol. The Labute approximate surface area is 88.8 Å². The molecule has 1 aliphatic carbocycles. The van der Waals surface area contributed by atoms with E-state index >= 15 is 0 Å². The minimum atomic E-state index is -0.658. The van der Waals surface area contributed by atoms with Crippen LogP contribution in [0.4, 0.5) is 0 Å². The third-order valence-corrected chi connectivity index (χ3v) is 2.82. The van der Waals surface area contributed by atoms with Gasteiger partial charge in [0.1, 0.15) is 6.04 Å². The van der Waals surface area contributed by atoms with Crippen molar-refractivity contribution in [1.29, 1.82) is 0 Å². The van der Waals surface area contributed by atoms with Crippen molar-refractivity contribution in [2.24, 2.45) is 11.8 Å². The molecule has 0 unspecified atom stereocenters. The molecule has 0 aromatic heterocycles. The first-order chi connectivity index (χ1) is 6.97. The van der Waals surface area contributed by atoms with Crippen molar-refractivity contribution in [2.75, 3.05) is 7.11 Å². The zero-order valence-electron chi connectivity index (χ0n) is 9.19. The summed E-state index contributed by atoms with van der Waals surface area (Å²) in [5.74, 6) is -0.749. The molecule has 2 N–H and O–H groups in total. The first-order valence-corrected chi connectivity index (χ1v) is 5.00. The molecule has 0 heterocycles. The van der Waals surface area contributed by atoms with E-state index in [1.165, 1.54) is 14.0 Å². The lowest BCUT2D eigenvalue weighted by Gasteiger charge is -2.22. The van der Waals surface area contributed by atoms with Crippen LogP contribution in [0.25, 0.3) is 0 Å². The standard InChI is InChI=1S/C10H17NO4/c1-5(7-4-8(7)13)9(10(14)15-3)11-6(2)12/h5,7-9,13H,4H2,1-3H3,(H,11,12)/t5-,7-,8-,9+/m1/s1. The quantitative estimate of drug-likeness (QED) is 0.630. The van der Waals surface area contributed by atoms with E-state index in [4.69, 9.17) is 0 Å². The Hall–Kier alpha value is -1.10. The summed E-state index contributed by atoms with van der Waals surface area (Å²) in [6.07, 6.45) is 0.342. The average molecular weight is 215 g/mol. The van der Waals surface area contributed by atoms with Gasteiger partial charge in [-0.1, -0.05) is 6.92 Å². The Balaban J connectivity index is 2.62. The Morgan fingerprint density at radius 1 is 1.53 bits per heavy atom. The van der Waals surface area contributed by atoms with E-state index in [1.54, 1.807) is 0 Å². The van der Waals surface area contributed by atoms with Gasteiger partial charge in [-0.3, -0.25) is 4.79 Å². The maximum atomic E-state index is 11.4. The molecule has 5 nitrogen and oxygen atoms in total. The van der Waals surface area contributed by atoms with Gasteiger partial charge in [0.25, 0.3) is 0 Å². The molecule has 1 aliphatic rings. The molecule has 1 amide bonds. The van der Waals surface area contributed by atoms with E-state index < -0.39 is 12.0 Å². The summed E-state index contributed by atoms with van der Waals surface area (Å²) in [4.78, 5) is 22.3. The number of carbonyl (C=O) groups is 2. The van der Waals surface area contributed by atoms with Crippen LogP contribution in [0.2, 0.25) is 0 Å². The fraction of sp³-hybridized carbons (Fsp3) is 0.800. The number of aliphatic hydroxyl groups is 1. The van der Waals surface area contributed by atoms with Crippen molar-refractivity contribution in [3.63, 3.8) is 0 Å². The summed E-state index contributed by atoms with van der Waals surface area (Å²) in [6, 6.07) is -0.658. The van der Waals surface area contributed by atoms with E-state index in [0.29, 0.717) is 6.42 Å². The van der Waals surface area contributed by atoms with E-state index in [0.717, 1.165) is 0 Å². The molecule has 15 heavy (non-hydrogen) atoms. The Kier molecular flexibility index (Phi) is 3.68. The number of ether oxygens (including phenoxy) is 1. The molecule has 0 aliphatic heterocycles. The predicted octanol–water partition coefficient (Wildman–Crippen LogP) is -0.319. The SMILES string of the molecule is COC(=O)[C@@H](NC(C)=O)[C@H](C)[C@H]1C[C@H]1O. The maximum Gasteiger partial charge on any atom is 0.328 e. The Morgan fingerprint density at radius 2 is 2.07 bits per heavy atom. The molecule has 0 radical (unpaired) electrons. The van der Waals surface area contributed by atoms with Crippen molar-refractivity contribution in [3.05, 3.63) is 0 Å². The molecule has 1 fully saturated rings. The van der Waals surface area contributed by atoms with Gasteiger partial charge >= 0.3 is 5.97 Å². The van der Waals surface area contributed by atoms with Crippen LogP contribution in [-0.4, -0.2) is 36.2 Å². The predicted molar refractivity (Wildman–Crippen MR) is 52.9 cm³/mol. The number of hydrogen-bond donors (Lipinski definition) is 2. The van der Waals surface area contributed by atoms with Gasteiger partial charge in [0.15, 0.2) is 0 Å². The highest BCUT2D eigenvalue weighted by molar-refractivity contribution is 5.83. The van der Waals surface area contributed by atoms with Gasteiger partial charge in [0.2, 0.25) is 5.91 Å². The van der Waals surface area contributed by atoms with E-state index in [1.807, 2.05) is 6.92 Å². The number of carbonyl (C=O) groups excluding carboxylic acids is 2. The van der Waals surface area contributed by atoms with Crippen LogP contribution < -0.4 is 5.32 Å². The topological polar surface area (TPSA) is 75.6 Å². The maximum absolute atomic E-state index is 11.4. The summed E-state index contributed by atoms with van der Waals surface area (Å²) < 4.78 is 4.61. The highest BCUT2D eigenvalue weighted by Gasteiger charge is 2.45. The van der Waals surface area contributed by atoms with Crippen molar-refractivity contribution < 1.29 is 19.4 Å². The summed E-state index contributed by atoms with van der Waals surface area (Å²) in [5, 5.41) is 11.8. The molecule has 0 bridgehead atoms. The number of nitrogens with one attached hydrogen (secondary N) is 1. The van der Waals surface area contributed by atoms with Gasteiger partial charge in [0.05, 0.1) is 13.2 Å². The van der Waals surface area contributed by atoms with Crippen LogP contribution in [0.5, 0.6) is 0 Å². The Bertz CT molecular complexity index is 266. The van der Waals surface area contributed by atoms with Crippen molar-refractivity contribution in [1.82, 2.24) is 5.32 Å². The third kappa shape index (κ3) is 2.92. The number of aliphatic hydroxyl groups excluding tert-OH is 1. The molecule has 4 atom stereocenters. The van der Waals surface area contributed by atoms with E-state index in [2.05, 4.69) is 10.1 Å². The highest BCUT2D eigenvalue weighted by Crippen LogP contribution is 2.38. The van der Waals surface area contributed by atoms with E-state index in [-0.39, 0.29) is 23.8 Å². The summed E-state index contributed by atoms with van der Waals surface area (Å²) >= 11 is 0. The van der Waals surface area contributed by atoms with Crippen LogP contribution in [0.1, 0.15) is 20.3 Å². The minimum Gasteiger partial charge on any atom is -0.467 e. The van der Waals surface area contributed by atoms with Crippen molar-refractivity contribution in [3.8, 4) is 0 Å². The lowest BCUT2D eigenvalue weighted by molar-refractivity contribution is -0.146. The molecule has 5 heteroatoms. The zero-order valence-corrected chi connectivity index (χ0v) is 9.19. The van der Waals surface area contributed by atoms with E-state index in [9.17, 15) is 14.7 Å². The van der Waals surface area contributed by atoms with Crippen LogP contribution >= 0.6 is 0 Å². The Morgan fingerprint density at radius 3 is 2.40 bits per heavy atom. The highest BCUT2D eigenvalue weighted by atomic mass is 16.5. The second-order valence-corrected chi connectivity index (χ2v) is 4.03. The van der Waals surface area contributed by atoms with Gasteiger partial charge < -0.3 is 15.2 Å². The molecule has 0 aromatic rings. The third-order valence-electron chi connectivity index (χ3n) is 2.82. The molecule has 0 saturated heterocycles. The average Bonchev–Trinajstić information content (AvgIpc) is 2.89. The summed E-state index contributed by atoms with van der Waals surface area (Å²) in [5.41, 5.74) is 0. The summed E-state index contributed by atoms with van der Waals surface area (Å²) in [7, 11) is 1.28. The molecular formula is C10H17NO4. The minimum absolute atomic E-state index is 0.0842. The number of amides is 1. The van der Waals surface area contributed by atoms with Gasteiger partial charge in [-0.05, 0) is 18.3 Å². The molecule has 1 rings (SSSR count). The first-order valence-electron chi connectivity index (χ1n) is 5.00. The number of rotatable bonds is 4. The van der Waals surface area contributed by atoms with Crippen LogP contribution in [0.3, 0.4) is 0 Å². The van der Waals surface area contributed by atoms with Crippen molar-refractivity contribution in [2.45, 2.75) is 32.4 Å². The number of hydrogen-bond acceptors (Lipinski definition) is 4. The lowest BCUT2D eigenvalue weighted by Crippen LogP contribution is -2.45. The summed E-state index contributed by atoms with van der Waals surface area (Å²) in [6.45, 7) is 3.18. The number of esters is 1. The second kappa shape index (κ2) is 4.61. The smallest absolute Gasteiger partial charge is 0.328 e. The van der Waals surface area contributed by atoms with Crippen molar-refractivity contribution >= 4 is 11.9 Å². The normalized spacial score (nSPS) is 27.7. The van der Waals surface area contributed by atoms with Crippen LogP contribution in [0.15, 0.2) is 0 Å². The molecule has 0 spiro atoms. The molecule has 86 valence electrons. The molecule has 0 aromatic carbocycles. The largest absolute Gasteiger partial charge is 0.467 e. The van der Waals surface area contributed by atoms with Gasteiger partial charge in [-0.25, -0.2) is 4.79 Å². The van der Waals surface area contributed by atoms with Crippen LogP contribution in [-0.2, 0) is 14.3 Å². The monoisotopic (exact) mass is 215 g/mol. The first kappa shape index (κ1) is 12.0. The van der Waals surface area contributed by atoms with Gasteiger partial charge in [-0.2, -0.15) is 0 Å². The van der Waals surface area contributed by atoms with Gasteiger partial charge in [0, 0.05) is 6.92 Å². The fourth-order valence-corrected chi connectivity index (χ4v) is 1.76.